The number of nitrogens with zero attached hydrogens (tertiary/aromatic N) is 4. The predicted molar refractivity (Wildman–Crippen MR) is 142 cm³/mol. The van der Waals surface area contributed by atoms with Crippen LogP contribution in [0.4, 0.5) is 4.39 Å². The van der Waals surface area contributed by atoms with E-state index in [0.29, 0.717) is 22.6 Å². The molecule has 2 aromatic heterocycles. The molecule has 1 aliphatic heterocycles. The van der Waals surface area contributed by atoms with Crippen molar-refractivity contribution in [2.45, 2.75) is 57.2 Å². The number of benzene rings is 2. The summed E-state index contributed by atoms with van der Waals surface area (Å²) in [5.41, 5.74) is 2.46. The molecule has 4 aromatic rings. The number of para-hydroxylation sites is 1. The quantitative estimate of drug-likeness (QED) is 0.368. The summed E-state index contributed by atoms with van der Waals surface area (Å²) in [6.45, 7) is 0.0838. The number of rotatable bonds is 5. The van der Waals surface area contributed by atoms with Gasteiger partial charge in [-0.3, -0.25) is 9.59 Å². The van der Waals surface area contributed by atoms with Gasteiger partial charge in [0.25, 0.3) is 5.91 Å². The molecule has 1 atom stereocenters. The van der Waals surface area contributed by atoms with Crippen LogP contribution in [0.2, 0.25) is 0 Å². The third-order valence-corrected chi connectivity index (χ3v) is 7.53. The lowest BCUT2D eigenvalue weighted by atomic mass is 10.1. The van der Waals surface area contributed by atoms with Crippen LogP contribution in [0.5, 0.6) is 0 Å². The maximum atomic E-state index is 14.2. The molecule has 7 nitrogen and oxygen atoms in total. The van der Waals surface area contributed by atoms with E-state index >= 15 is 0 Å². The van der Waals surface area contributed by atoms with Gasteiger partial charge in [-0.25, -0.2) is 9.07 Å². The first-order valence-corrected chi connectivity index (χ1v) is 13.3. The van der Waals surface area contributed by atoms with Gasteiger partial charge in [0.05, 0.1) is 17.6 Å². The highest BCUT2D eigenvalue weighted by atomic mass is 19.1. The van der Waals surface area contributed by atoms with E-state index < -0.39 is 6.04 Å². The number of amides is 2. The minimum absolute atomic E-state index is 0.0740. The summed E-state index contributed by atoms with van der Waals surface area (Å²) in [5, 5.41) is 7.81. The van der Waals surface area contributed by atoms with Gasteiger partial charge in [0.2, 0.25) is 5.91 Å². The third kappa shape index (κ3) is 4.51. The van der Waals surface area contributed by atoms with E-state index in [1.54, 1.807) is 27.9 Å². The Morgan fingerprint density at radius 1 is 0.974 bits per heavy atom. The monoisotopic (exact) mass is 511 g/mol. The van der Waals surface area contributed by atoms with E-state index in [4.69, 9.17) is 0 Å². The van der Waals surface area contributed by atoms with E-state index in [2.05, 4.69) is 10.4 Å². The summed E-state index contributed by atoms with van der Waals surface area (Å²) >= 11 is 0. The molecule has 2 amide bonds. The number of aromatic nitrogens is 3. The summed E-state index contributed by atoms with van der Waals surface area (Å²) in [7, 11) is 0. The lowest BCUT2D eigenvalue weighted by molar-refractivity contribution is -0.127. The Kier molecular flexibility index (Phi) is 6.54. The summed E-state index contributed by atoms with van der Waals surface area (Å²) in [6.07, 6.45) is 9.79. The number of fused-ring (bicyclic) bond motifs is 3. The van der Waals surface area contributed by atoms with Crippen LogP contribution in [0.15, 0.2) is 79.1 Å². The fourth-order valence-corrected chi connectivity index (χ4v) is 5.70. The molecular formula is C30H30FN5O2. The van der Waals surface area contributed by atoms with Gasteiger partial charge in [-0.15, -0.1) is 0 Å². The molecule has 6 rings (SSSR count). The second-order valence-corrected chi connectivity index (χ2v) is 10.1. The van der Waals surface area contributed by atoms with Gasteiger partial charge in [-0.2, -0.15) is 5.10 Å². The Morgan fingerprint density at radius 3 is 2.53 bits per heavy atom. The van der Waals surface area contributed by atoms with Crippen molar-refractivity contribution in [1.82, 2.24) is 24.6 Å². The average molecular weight is 512 g/mol. The molecule has 2 aromatic carbocycles. The molecule has 38 heavy (non-hydrogen) atoms. The van der Waals surface area contributed by atoms with Crippen LogP contribution in [0.25, 0.3) is 11.5 Å². The number of carbonyl (C=O) groups excluding carboxylic acids is 2. The number of nitrogens with one attached hydrogen (secondary N) is 1. The second kappa shape index (κ2) is 10.3. The molecule has 0 spiro atoms. The molecule has 8 heteroatoms. The Labute approximate surface area is 220 Å². The molecule has 1 aliphatic carbocycles. The lowest BCUT2D eigenvalue weighted by Crippen LogP contribution is -2.46. The normalized spacial score (nSPS) is 17.9. The Bertz CT molecular complexity index is 1450. The summed E-state index contributed by atoms with van der Waals surface area (Å²) in [4.78, 5) is 29.8. The van der Waals surface area contributed by atoms with Crippen molar-refractivity contribution >= 4 is 11.8 Å². The van der Waals surface area contributed by atoms with Crippen LogP contribution in [-0.2, 0) is 11.3 Å². The first-order chi connectivity index (χ1) is 18.6. The van der Waals surface area contributed by atoms with Gasteiger partial charge >= 0.3 is 0 Å². The summed E-state index contributed by atoms with van der Waals surface area (Å²) in [6, 6.07) is 18.7. The van der Waals surface area contributed by atoms with Gasteiger partial charge in [-0.1, -0.05) is 56.0 Å². The molecule has 2 aliphatic rings. The van der Waals surface area contributed by atoms with E-state index in [-0.39, 0.29) is 30.2 Å². The predicted octanol–water partition coefficient (Wildman–Crippen LogP) is 5.34. The van der Waals surface area contributed by atoms with Crippen molar-refractivity contribution < 1.29 is 14.0 Å². The highest BCUT2D eigenvalue weighted by Gasteiger charge is 2.40. The van der Waals surface area contributed by atoms with E-state index in [1.807, 2.05) is 53.2 Å². The molecule has 0 saturated heterocycles. The summed E-state index contributed by atoms with van der Waals surface area (Å²) < 4.78 is 17.7. The Hall–Kier alpha value is -4.20. The SMILES string of the molecule is O=C(NC1CCCCCC1)C1c2cccn2-c2c(cnn2-c2ccccc2)C(=O)N1Cc1cccc(F)c1. The fraction of sp³-hybridized carbons (Fsp3) is 0.300. The van der Waals surface area contributed by atoms with Crippen LogP contribution >= 0.6 is 0 Å². The zero-order valence-electron chi connectivity index (χ0n) is 21.1. The standard InChI is InChI=1S/C30H30FN5O2/c31-22-11-8-10-21(18-22)20-35-27(28(37)33-23-12-4-1-2-5-13-23)26-16-9-17-34(26)29-25(30(35)38)19-32-36(29)24-14-6-3-7-15-24/h3,6-11,14-19,23,27H,1-2,4-5,12-13,20H2,(H,33,37). The molecule has 1 unspecified atom stereocenters. The van der Waals surface area contributed by atoms with E-state index in [0.717, 1.165) is 31.4 Å². The van der Waals surface area contributed by atoms with Crippen molar-refractivity contribution in [3.05, 3.63) is 102 Å². The number of halogens is 1. The van der Waals surface area contributed by atoms with Crippen LogP contribution in [0, 0.1) is 5.82 Å². The molecular weight excluding hydrogens is 481 g/mol. The molecule has 0 radical (unpaired) electrons. The van der Waals surface area contributed by atoms with Crippen LogP contribution in [0.3, 0.4) is 0 Å². The second-order valence-electron chi connectivity index (χ2n) is 10.1. The first-order valence-electron chi connectivity index (χ1n) is 13.3. The number of hydrogen-bond acceptors (Lipinski definition) is 3. The maximum absolute atomic E-state index is 14.2. The van der Waals surface area contributed by atoms with Crippen molar-refractivity contribution in [2.24, 2.45) is 0 Å². The van der Waals surface area contributed by atoms with Gasteiger partial charge in [0, 0.05) is 18.8 Å². The minimum atomic E-state index is -0.888. The Balaban J connectivity index is 1.46. The molecule has 3 heterocycles. The highest BCUT2D eigenvalue weighted by Crippen LogP contribution is 2.35. The van der Waals surface area contributed by atoms with E-state index in [9.17, 15) is 14.0 Å². The molecule has 194 valence electrons. The maximum Gasteiger partial charge on any atom is 0.260 e. The van der Waals surface area contributed by atoms with E-state index in [1.165, 1.54) is 25.0 Å². The van der Waals surface area contributed by atoms with Crippen LogP contribution in [-0.4, -0.2) is 37.1 Å². The highest BCUT2D eigenvalue weighted by molar-refractivity contribution is 6.01. The van der Waals surface area contributed by atoms with Gasteiger partial charge < -0.3 is 14.8 Å². The zero-order valence-corrected chi connectivity index (χ0v) is 21.1. The van der Waals surface area contributed by atoms with Crippen molar-refractivity contribution in [1.29, 1.82) is 0 Å². The average Bonchev–Trinajstić information content (AvgIpc) is 3.47. The molecule has 1 N–H and O–H groups in total. The van der Waals surface area contributed by atoms with Crippen molar-refractivity contribution in [3.8, 4) is 11.5 Å². The largest absolute Gasteiger partial charge is 0.351 e. The van der Waals surface area contributed by atoms with Gasteiger partial charge in [0.1, 0.15) is 11.4 Å². The van der Waals surface area contributed by atoms with Crippen LogP contribution < -0.4 is 5.32 Å². The van der Waals surface area contributed by atoms with Crippen molar-refractivity contribution in [2.75, 3.05) is 0 Å². The number of carbonyl (C=O) groups is 2. The first kappa shape index (κ1) is 24.2. The number of hydrogen-bond donors (Lipinski definition) is 1. The topological polar surface area (TPSA) is 72.2 Å². The van der Waals surface area contributed by atoms with Crippen molar-refractivity contribution in [3.63, 3.8) is 0 Å². The van der Waals surface area contributed by atoms with Crippen LogP contribution in [0.1, 0.15) is 66.2 Å². The minimum Gasteiger partial charge on any atom is -0.351 e. The van der Waals surface area contributed by atoms with Gasteiger partial charge in [-0.05, 0) is 54.8 Å². The summed E-state index contributed by atoms with van der Waals surface area (Å²) in [5.74, 6) is -0.345. The third-order valence-electron chi connectivity index (χ3n) is 7.53. The lowest BCUT2D eigenvalue weighted by Gasteiger charge is -2.31. The molecule has 1 fully saturated rings. The zero-order chi connectivity index (χ0) is 26.1. The smallest absolute Gasteiger partial charge is 0.260 e. The fourth-order valence-electron chi connectivity index (χ4n) is 5.70. The molecule has 1 saturated carbocycles. The molecule has 0 bridgehead atoms. The van der Waals surface area contributed by atoms with Gasteiger partial charge in [0.15, 0.2) is 11.9 Å². The Morgan fingerprint density at radius 2 is 1.76 bits per heavy atom.